The molecule has 1 rings (SSSR count). The Bertz CT molecular complexity index is 257. The van der Waals surface area contributed by atoms with Crippen molar-refractivity contribution in [1.82, 2.24) is 5.01 Å². The number of primary sulfonamides is 1. The SMILES string of the molecule is CN1CSC(S(N)(=O)=O)=N1. The van der Waals surface area contributed by atoms with Crippen LogP contribution in [0.3, 0.4) is 0 Å². The van der Waals surface area contributed by atoms with Crippen LogP contribution in [0.4, 0.5) is 0 Å². The summed E-state index contributed by atoms with van der Waals surface area (Å²) in [5.74, 6) is 0.547. The Labute approximate surface area is 63.3 Å². The molecule has 7 heteroatoms. The molecule has 0 unspecified atom stereocenters. The number of nitrogens with two attached hydrogens (primary N) is 1. The van der Waals surface area contributed by atoms with Crippen molar-refractivity contribution in [3.05, 3.63) is 0 Å². The largest absolute Gasteiger partial charge is 0.288 e. The maximum atomic E-state index is 10.6. The number of nitrogens with zero attached hydrogens (tertiary/aromatic N) is 2. The fourth-order valence-corrected chi connectivity index (χ4v) is 2.11. The van der Waals surface area contributed by atoms with Gasteiger partial charge in [0.05, 0.1) is 5.88 Å². The highest BCUT2D eigenvalue weighted by atomic mass is 32.3. The molecule has 0 aromatic heterocycles. The monoisotopic (exact) mass is 181 g/mol. The average Bonchev–Trinajstić information content (AvgIpc) is 2.11. The predicted octanol–water partition coefficient (Wildman–Crippen LogP) is -0.818. The van der Waals surface area contributed by atoms with E-state index in [-0.39, 0.29) is 4.38 Å². The lowest BCUT2D eigenvalue weighted by molar-refractivity contribution is 0.430. The zero-order valence-electron chi connectivity index (χ0n) is 5.31. The molecule has 0 aromatic carbocycles. The molecule has 1 aliphatic rings. The molecular weight excluding hydrogens is 174 g/mol. The number of rotatable bonds is 0. The van der Waals surface area contributed by atoms with E-state index in [1.165, 1.54) is 5.01 Å². The van der Waals surface area contributed by atoms with E-state index in [1.807, 2.05) is 0 Å². The van der Waals surface area contributed by atoms with E-state index < -0.39 is 10.0 Å². The lowest BCUT2D eigenvalue weighted by Crippen LogP contribution is -2.19. The number of sulfonamides is 1. The topological polar surface area (TPSA) is 75.8 Å². The Morgan fingerprint density at radius 2 is 2.40 bits per heavy atom. The summed E-state index contributed by atoms with van der Waals surface area (Å²) in [4.78, 5) is 0. The molecule has 1 heterocycles. The fourth-order valence-electron chi connectivity index (χ4n) is 0.485. The van der Waals surface area contributed by atoms with Gasteiger partial charge in [0.25, 0.3) is 10.0 Å². The van der Waals surface area contributed by atoms with Gasteiger partial charge in [0.15, 0.2) is 0 Å². The van der Waals surface area contributed by atoms with Crippen molar-refractivity contribution in [3.63, 3.8) is 0 Å². The van der Waals surface area contributed by atoms with Crippen molar-refractivity contribution in [1.29, 1.82) is 0 Å². The highest BCUT2D eigenvalue weighted by Crippen LogP contribution is 2.17. The third kappa shape index (κ3) is 1.61. The number of hydrogen-bond donors (Lipinski definition) is 1. The second kappa shape index (κ2) is 2.40. The van der Waals surface area contributed by atoms with Gasteiger partial charge in [0.1, 0.15) is 0 Å². The van der Waals surface area contributed by atoms with E-state index in [2.05, 4.69) is 5.10 Å². The lowest BCUT2D eigenvalue weighted by atomic mass is 11.2. The fraction of sp³-hybridized carbons (Fsp3) is 0.667. The molecule has 10 heavy (non-hydrogen) atoms. The third-order valence-corrected chi connectivity index (χ3v) is 3.32. The van der Waals surface area contributed by atoms with Crippen LogP contribution in [0.1, 0.15) is 0 Å². The second-order valence-electron chi connectivity index (χ2n) is 1.84. The maximum Gasteiger partial charge on any atom is 0.263 e. The highest BCUT2D eigenvalue weighted by Gasteiger charge is 2.21. The standard InChI is InChI=1S/C3H7N3O2S2/c1-6-2-9-3(5-6)10(4,7)8/h2H2,1H3,(H2,4,7,8). The quantitative estimate of drug-likeness (QED) is 0.530. The maximum absolute atomic E-state index is 10.6. The summed E-state index contributed by atoms with van der Waals surface area (Å²) >= 11 is 1.12. The number of hydrogen-bond acceptors (Lipinski definition) is 5. The summed E-state index contributed by atoms with van der Waals surface area (Å²) in [7, 11) is -1.88. The summed E-state index contributed by atoms with van der Waals surface area (Å²) in [5, 5.41) is 9.97. The highest BCUT2D eigenvalue weighted by molar-refractivity contribution is 8.34. The number of thioether (sulfide) groups is 1. The first-order chi connectivity index (χ1) is 4.50. The molecule has 5 nitrogen and oxygen atoms in total. The zero-order valence-corrected chi connectivity index (χ0v) is 6.94. The van der Waals surface area contributed by atoms with Crippen molar-refractivity contribution in [2.45, 2.75) is 0 Å². The molecule has 0 spiro atoms. The lowest BCUT2D eigenvalue weighted by Gasteiger charge is -1.98. The van der Waals surface area contributed by atoms with E-state index >= 15 is 0 Å². The summed E-state index contributed by atoms with van der Waals surface area (Å²) in [5.41, 5.74) is 0. The van der Waals surface area contributed by atoms with Crippen molar-refractivity contribution in [2.24, 2.45) is 10.2 Å². The molecule has 1 aliphatic heterocycles. The van der Waals surface area contributed by atoms with Crippen LogP contribution in [0.15, 0.2) is 5.10 Å². The van der Waals surface area contributed by atoms with Crippen molar-refractivity contribution < 1.29 is 8.42 Å². The molecule has 0 aliphatic carbocycles. The molecule has 0 saturated heterocycles. The van der Waals surface area contributed by atoms with Gasteiger partial charge in [-0.1, -0.05) is 11.8 Å². The zero-order chi connectivity index (χ0) is 7.78. The first-order valence-electron chi connectivity index (χ1n) is 2.45. The van der Waals surface area contributed by atoms with Gasteiger partial charge in [-0.15, -0.1) is 0 Å². The predicted molar refractivity (Wildman–Crippen MR) is 40.8 cm³/mol. The Morgan fingerprint density at radius 3 is 2.60 bits per heavy atom. The summed E-state index contributed by atoms with van der Waals surface area (Å²) < 4.78 is 21.2. The first-order valence-corrected chi connectivity index (χ1v) is 4.98. The van der Waals surface area contributed by atoms with Gasteiger partial charge in [-0.05, 0) is 0 Å². The van der Waals surface area contributed by atoms with Crippen molar-refractivity contribution >= 4 is 26.2 Å². The summed E-state index contributed by atoms with van der Waals surface area (Å²) in [6.45, 7) is 0. The van der Waals surface area contributed by atoms with Crippen LogP contribution in [0.5, 0.6) is 0 Å². The Hall–Kier alpha value is -0.270. The minimum absolute atomic E-state index is 0.00463. The molecule has 0 amide bonds. The van der Waals surface area contributed by atoms with Gasteiger partial charge in [-0.25, -0.2) is 13.6 Å². The van der Waals surface area contributed by atoms with Crippen LogP contribution >= 0.6 is 11.8 Å². The average molecular weight is 181 g/mol. The van der Waals surface area contributed by atoms with Crippen LogP contribution < -0.4 is 5.14 Å². The Kier molecular flexibility index (Phi) is 1.88. The summed E-state index contributed by atoms with van der Waals surface area (Å²) in [6, 6.07) is 0. The second-order valence-corrected chi connectivity index (χ2v) is 4.51. The van der Waals surface area contributed by atoms with Gasteiger partial charge in [0.2, 0.25) is 4.38 Å². The normalized spacial score (nSPS) is 19.4. The van der Waals surface area contributed by atoms with Gasteiger partial charge in [-0.3, -0.25) is 5.01 Å². The minimum Gasteiger partial charge on any atom is -0.288 e. The van der Waals surface area contributed by atoms with Crippen LogP contribution in [0, 0.1) is 0 Å². The molecule has 0 radical (unpaired) electrons. The molecule has 0 aromatic rings. The van der Waals surface area contributed by atoms with Gasteiger partial charge in [0, 0.05) is 7.05 Å². The van der Waals surface area contributed by atoms with Crippen LogP contribution in [-0.2, 0) is 10.0 Å². The molecule has 0 fully saturated rings. The third-order valence-electron chi connectivity index (χ3n) is 0.871. The molecule has 0 bridgehead atoms. The van der Waals surface area contributed by atoms with Crippen molar-refractivity contribution in [2.75, 3.05) is 12.9 Å². The molecule has 2 N–H and O–H groups in total. The van der Waals surface area contributed by atoms with Crippen LogP contribution in [0.2, 0.25) is 0 Å². The van der Waals surface area contributed by atoms with Gasteiger partial charge >= 0.3 is 0 Å². The van der Waals surface area contributed by atoms with E-state index in [9.17, 15) is 8.42 Å². The smallest absolute Gasteiger partial charge is 0.263 e. The van der Waals surface area contributed by atoms with Gasteiger partial charge < -0.3 is 0 Å². The Morgan fingerprint density at radius 1 is 1.80 bits per heavy atom. The molecule has 0 atom stereocenters. The van der Waals surface area contributed by atoms with E-state index in [4.69, 9.17) is 5.14 Å². The number of hydrazone groups is 1. The van der Waals surface area contributed by atoms with E-state index in [0.29, 0.717) is 5.88 Å². The molecule has 58 valence electrons. The van der Waals surface area contributed by atoms with E-state index in [0.717, 1.165) is 11.8 Å². The summed E-state index contributed by atoms with van der Waals surface area (Å²) in [6.07, 6.45) is 0. The molecular formula is C3H7N3O2S2. The van der Waals surface area contributed by atoms with E-state index in [1.54, 1.807) is 7.05 Å². The van der Waals surface area contributed by atoms with Crippen LogP contribution in [-0.4, -0.2) is 30.7 Å². The van der Waals surface area contributed by atoms with Crippen LogP contribution in [0.25, 0.3) is 0 Å². The molecule has 0 saturated carbocycles. The Balaban J connectivity index is 2.87. The van der Waals surface area contributed by atoms with Crippen molar-refractivity contribution in [3.8, 4) is 0 Å². The minimum atomic E-state index is -3.56. The van der Waals surface area contributed by atoms with Gasteiger partial charge in [-0.2, -0.15) is 5.10 Å². The first kappa shape index (κ1) is 7.83.